The molecule has 1 fully saturated rings. The first kappa shape index (κ1) is 13.0. The minimum atomic E-state index is -2.82. The van der Waals surface area contributed by atoms with Gasteiger partial charge in [0.1, 0.15) is 9.84 Å². The molecule has 0 radical (unpaired) electrons. The Bertz CT molecular complexity index is 292. The van der Waals surface area contributed by atoms with Crippen LogP contribution in [0.1, 0.15) is 39.5 Å². The number of sulfone groups is 1. The van der Waals surface area contributed by atoms with Gasteiger partial charge in [-0.1, -0.05) is 20.3 Å². The van der Waals surface area contributed by atoms with Gasteiger partial charge in [0.2, 0.25) is 0 Å². The molecule has 0 atom stereocenters. The van der Waals surface area contributed by atoms with E-state index in [2.05, 4.69) is 19.2 Å². The van der Waals surface area contributed by atoms with Crippen LogP contribution in [0.5, 0.6) is 0 Å². The van der Waals surface area contributed by atoms with Gasteiger partial charge in [0.05, 0.1) is 5.75 Å². The van der Waals surface area contributed by atoms with Crippen LogP contribution in [0.3, 0.4) is 0 Å². The summed E-state index contributed by atoms with van der Waals surface area (Å²) in [6, 6.07) is 0.683. The Morgan fingerprint density at radius 3 is 2.33 bits per heavy atom. The van der Waals surface area contributed by atoms with Gasteiger partial charge in [-0.3, -0.25) is 0 Å². The van der Waals surface area contributed by atoms with Gasteiger partial charge in [0.25, 0.3) is 0 Å². The lowest BCUT2D eigenvalue weighted by atomic mass is 9.87. The Labute approximate surface area is 93.6 Å². The van der Waals surface area contributed by atoms with E-state index in [-0.39, 0.29) is 5.41 Å². The second-order valence-corrected chi connectivity index (χ2v) is 7.81. The zero-order valence-corrected chi connectivity index (χ0v) is 10.9. The van der Waals surface area contributed by atoms with E-state index in [1.54, 1.807) is 0 Å². The van der Waals surface area contributed by atoms with Crippen LogP contribution >= 0.6 is 0 Å². The van der Waals surface area contributed by atoms with Gasteiger partial charge in [-0.2, -0.15) is 0 Å². The van der Waals surface area contributed by atoms with E-state index < -0.39 is 9.84 Å². The molecule has 0 aromatic heterocycles. The highest BCUT2D eigenvalue weighted by Gasteiger charge is 2.23. The molecule has 1 aliphatic rings. The highest BCUT2D eigenvalue weighted by atomic mass is 32.2. The lowest BCUT2D eigenvalue weighted by Crippen LogP contribution is -2.41. The maximum absolute atomic E-state index is 11.1. The average molecular weight is 233 g/mol. The molecule has 0 heterocycles. The van der Waals surface area contributed by atoms with Crippen LogP contribution in [0.25, 0.3) is 0 Å². The van der Waals surface area contributed by atoms with E-state index in [0.717, 1.165) is 13.0 Å². The van der Waals surface area contributed by atoms with Crippen molar-refractivity contribution in [3.8, 4) is 0 Å². The molecule has 3 nitrogen and oxygen atoms in total. The minimum absolute atomic E-state index is 0.0820. The SMILES string of the molecule is CC(C)(CCS(C)(=O)=O)CNC1CCC1. The van der Waals surface area contributed by atoms with E-state index in [9.17, 15) is 8.42 Å². The quantitative estimate of drug-likeness (QED) is 0.758. The summed E-state index contributed by atoms with van der Waals surface area (Å²) in [6.45, 7) is 5.18. The van der Waals surface area contributed by atoms with E-state index in [4.69, 9.17) is 0 Å². The monoisotopic (exact) mass is 233 g/mol. The van der Waals surface area contributed by atoms with Crippen molar-refractivity contribution < 1.29 is 8.42 Å². The van der Waals surface area contributed by atoms with Crippen molar-refractivity contribution in [1.29, 1.82) is 0 Å². The minimum Gasteiger partial charge on any atom is -0.313 e. The molecule has 1 N–H and O–H groups in total. The predicted octanol–water partition coefficient (Wildman–Crippen LogP) is 1.59. The van der Waals surface area contributed by atoms with Gasteiger partial charge in [0, 0.05) is 18.8 Å². The van der Waals surface area contributed by atoms with Crippen LogP contribution < -0.4 is 5.32 Å². The van der Waals surface area contributed by atoms with E-state index >= 15 is 0 Å². The summed E-state index contributed by atoms with van der Waals surface area (Å²) in [5, 5.41) is 3.50. The molecular formula is C11H23NO2S. The molecule has 0 unspecified atom stereocenters. The molecule has 4 heteroatoms. The third-order valence-corrected chi connectivity index (χ3v) is 4.07. The van der Waals surface area contributed by atoms with Crippen molar-refractivity contribution in [2.75, 3.05) is 18.6 Å². The normalized spacial score (nSPS) is 18.9. The third kappa shape index (κ3) is 5.52. The molecule has 1 aliphatic carbocycles. The fraction of sp³-hybridized carbons (Fsp3) is 1.00. The molecule has 0 aliphatic heterocycles. The van der Waals surface area contributed by atoms with Gasteiger partial charge in [-0.15, -0.1) is 0 Å². The zero-order valence-electron chi connectivity index (χ0n) is 10.0. The van der Waals surface area contributed by atoms with Crippen molar-refractivity contribution in [3.63, 3.8) is 0 Å². The first-order chi connectivity index (χ1) is 6.79. The van der Waals surface area contributed by atoms with Crippen molar-refractivity contribution in [3.05, 3.63) is 0 Å². The molecule has 0 bridgehead atoms. The Kier molecular flexibility index (Phi) is 4.18. The zero-order chi connectivity index (χ0) is 11.5. The number of nitrogens with one attached hydrogen (secondary N) is 1. The fourth-order valence-corrected chi connectivity index (χ4v) is 2.51. The van der Waals surface area contributed by atoms with Gasteiger partial charge < -0.3 is 5.32 Å². The Morgan fingerprint density at radius 2 is 1.93 bits per heavy atom. The predicted molar refractivity (Wildman–Crippen MR) is 63.8 cm³/mol. The Balaban J connectivity index is 2.24. The van der Waals surface area contributed by atoms with Crippen LogP contribution in [-0.4, -0.2) is 33.0 Å². The van der Waals surface area contributed by atoms with Crippen LogP contribution in [-0.2, 0) is 9.84 Å². The van der Waals surface area contributed by atoms with Gasteiger partial charge in [-0.05, 0) is 24.7 Å². The lowest BCUT2D eigenvalue weighted by Gasteiger charge is -2.32. The van der Waals surface area contributed by atoms with Crippen LogP contribution in [0.4, 0.5) is 0 Å². The fourth-order valence-electron chi connectivity index (χ4n) is 1.58. The van der Waals surface area contributed by atoms with E-state index in [0.29, 0.717) is 11.8 Å². The number of hydrogen-bond acceptors (Lipinski definition) is 3. The largest absolute Gasteiger partial charge is 0.313 e. The summed E-state index contributed by atoms with van der Waals surface area (Å²) in [6.07, 6.45) is 5.94. The molecule has 0 aromatic carbocycles. The molecule has 0 amide bonds. The van der Waals surface area contributed by atoms with E-state index in [1.165, 1.54) is 25.5 Å². The second kappa shape index (κ2) is 4.83. The summed E-state index contributed by atoms with van der Waals surface area (Å²) in [4.78, 5) is 0. The molecule has 1 rings (SSSR count). The molecule has 1 saturated carbocycles. The molecule has 0 spiro atoms. The molecule has 0 aromatic rings. The van der Waals surface area contributed by atoms with Crippen molar-refractivity contribution in [1.82, 2.24) is 5.32 Å². The summed E-state index contributed by atoms with van der Waals surface area (Å²) in [5.74, 6) is 0.298. The highest BCUT2D eigenvalue weighted by molar-refractivity contribution is 7.90. The second-order valence-electron chi connectivity index (χ2n) is 5.55. The molecular weight excluding hydrogens is 210 g/mol. The van der Waals surface area contributed by atoms with Crippen molar-refractivity contribution in [2.45, 2.75) is 45.6 Å². The first-order valence-electron chi connectivity index (χ1n) is 5.70. The van der Waals surface area contributed by atoms with Gasteiger partial charge in [0.15, 0.2) is 0 Å². The molecule has 15 heavy (non-hydrogen) atoms. The van der Waals surface area contributed by atoms with Crippen molar-refractivity contribution >= 4 is 9.84 Å². The Hall–Kier alpha value is -0.0900. The summed E-state index contributed by atoms with van der Waals surface area (Å²) < 4.78 is 22.1. The molecule has 90 valence electrons. The summed E-state index contributed by atoms with van der Waals surface area (Å²) in [5.41, 5.74) is 0.0820. The highest BCUT2D eigenvalue weighted by Crippen LogP contribution is 2.23. The maximum Gasteiger partial charge on any atom is 0.147 e. The van der Waals surface area contributed by atoms with Crippen LogP contribution in [0.2, 0.25) is 0 Å². The van der Waals surface area contributed by atoms with Gasteiger partial charge in [-0.25, -0.2) is 8.42 Å². The Morgan fingerprint density at radius 1 is 1.33 bits per heavy atom. The standard InChI is InChI=1S/C11H23NO2S/c1-11(2,7-8-15(3,13)14)9-12-10-5-4-6-10/h10,12H,4-9H2,1-3H3. The topological polar surface area (TPSA) is 46.2 Å². The van der Waals surface area contributed by atoms with Crippen LogP contribution in [0.15, 0.2) is 0 Å². The maximum atomic E-state index is 11.1. The lowest BCUT2D eigenvalue weighted by molar-refractivity contribution is 0.263. The number of hydrogen-bond donors (Lipinski definition) is 1. The van der Waals surface area contributed by atoms with Crippen molar-refractivity contribution in [2.24, 2.45) is 5.41 Å². The number of rotatable bonds is 6. The third-order valence-electron chi connectivity index (χ3n) is 3.12. The summed E-state index contributed by atoms with van der Waals surface area (Å²) >= 11 is 0. The van der Waals surface area contributed by atoms with E-state index in [1.807, 2.05) is 0 Å². The van der Waals surface area contributed by atoms with Crippen LogP contribution in [0, 0.1) is 5.41 Å². The molecule has 0 saturated heterocycles. The summed E-state index contributed by atoms with van der Waals surface area (Å²) in [7, 11) is -2.82. The first-order valence-corrected chi connectivity index (χ1v) is 7.76. The smallest absolute Gasteiger partial charge is 0.147 e. The average Bonchev–Trinajstić information content (AvgIpc) is 1.97. The van der Waals surface area contributed by atoms with Gasteiger partial charge >= 0.3 is 0 Å².